The minimum Gasteiger partial charge on any atom is -0.478 e. The molecular formula is C12H15FO4S2. The maximum absolute atomic E-state index is 13.5. The third kappa shape index (κ3) is 3.94. The number of carboxylic acids is 1. The van der Waals surface area contributed by atoms with Crippen molar-refractivity contribution < 1.29 is 22.7 Å². The minimum atomic E-state index is -3.57. The summed E-state index contributed by atoms with van der Waals surface area (Å²) < 4.78 is 37.6. The molecule has 0 aliphatic heterocycles. The Morgan fingerprint density at radius 1 is 1.42 bits per heavy atom. The summed E-state index contributed by atoms with van der Waals surface area (Å²) in [6.45, 7) is 1.35. The number of thioether (sulfide) groups is 1. The quantitative estimate of drug-likeness (QED) is 0.645. The predicted molar refractivity (Wildman–Crippen MR) is 73.1 cm³/mol. The third-order valence-electron chi connectivity index (χ3n) is 2.58. The summed E-state index contributed by atoms with van der Waals surface area (Å²) >= 11 is 1.53. The number of carboxylic acid groups (broad SMARTS) is 1. The lowest BCUT2D eigenvalue weighted by Crippen LogP contribution is -2.11. The molecule has 0 aliphatic carbocycles. The molecule has 0 radical (unpaired) electrons. The van der Waals surface area contributed by atoms with Gasteiger partial charge in [0.1, 0.15) is 5.82 Å². The smallest absolute Gasteiger partial charge is 0.338 e. The molecule has 19 heavy (non-hydrogen) atoms. The van der Waals surface area contributed by atoms with E-state index in [-0.39, 0.29) is 16.2 Å². The fourth-order valence-electron chi connectivity index (χ4n) is 1.58. The molecule has 1 aromatic rings. The molecule has 0 unspecified atom stereocenters. The number of benzene rings is 1. The van der Waals surface area contributed by atoms with Gasteiger partial charge in [0.15, 0.2) is 9.84 Å². The van der Waals surface area contributed by atoms with Gasteiger partial charge in [-0.05, 0) is 43.0 Å². The van der Waals surface area contributed by atoms with Crippen molar-refractivity contribution in [2.75, 3.05) is 17.8 Å². The van der Waals surface area contributed by atoms with E-state index in [2.05, 4.69) is 0 Å². The van der Waals surface area contributed by atoms with Crippen molar-refractivity contribution in [2.24, 2.45) is 0 Å². The lowest BCUT2D eigenvalue weighted by Gasteiger charge is -2.08. The van der Waals surface area contributed by atoms with Crippen LogP contribution in [0.3, 0.4) is 0 Å². The van der Waals surface area contributed by atoms with E-state index in [0.29, 0.717) is 12.2 Å². The zero-order chi connectivity index (χ0) is 14.6. The van der Waals surface area contributed by atoms with E-state index in [1.807, 2.05) is 6.26 Å². The van der Waals surface area contributed by atoms with Gasteiger partial charge >= 0.3 is 5.97 Å². The maximum Gasteiger partial charge on any atom is 0.338 e. The molecule has 0 aliphatic rings. The van der Waals surface area contributed by atoms with Crippen LogP contribution in [0.2, 0.25) is 0 Å². The van der Waals surface area contributed by atoms with Crippen LogP contribution >= 0.6 is 11.8 Å². The molecular weight excluding hydrogens is 291 g/mol. The Bertz CT molecular complexity index is 582. The summed E-state index contributed by atoms with van der Waals surface area (Å²) in [6.07, 6.45) is 2.35. The van der Waals surface area contributed by atoms with Crippen molar-refractivity contribution in [1.29, 1.82) is 0 Å². The Balaban J connectivity index is 3.17. The van der Waals surface area contributed by atoms with Crippen LogP contribution in [-0.4, -0.2) is 37.3 Å². The molecule has 0 fully saturated rings. The zero-order valence-corrected chi connectivity index (χ0v) is 12.3. The average Bonchev–Trinajstić information content (AvgIpc) is 2.32. The zero-order valence-electron chi connectivity index (χ0n) is 10.6. The second-order valence-corrected chi connectivity index (χ2v) is 7.17. The van der Waals surface area contributed by atoms with Crippen LogP contribution in [0.1, 0.15) is 22.3 Å². The fourth-order valence-corrected chi connectivity index (χ4v) is 3.61. The molecule has 0 saturated carbocycles. The Morgan fingerprint density at radius 3 is 2.58 bits per heavy atom. The van der Waals surface area contributed by atoms with Gasteiger partial charge in [0.05, 0.1) is 16.2 Å². The number of hydrogen-bond donors (Lipinski definition) is 1. The largest absolute Gasteiger partial charge is 0.478 e. The summed E-state index contributed by atoms with van der Waals surface area (Å²) in [5.74, 6) is -1.74. The minimum absolute atomic E-state index is 0.0170. The van der Waals surface area contributed by atoms with Crippen LogP contribution in [0.25, 0.3) is 0 Å². The van der Waals surface area contributed by atoms with Crippen molar-refractivity contribution in [1.82, 2.24) is 0 Å². The van der Waals surface area contributed by atoms with Crippen molar-refractivity contribution >= 4 is 27.6 Å². The monoisotopic (exact) mass is 306 g/mol. The van der Waals surface area contributed by atoms with Crippen LogP contribution in [0.5, 0.6) is 0 Å². The summed E-state index contributed by atoms with van der Waals surface area (Å²) in [4.78, 5) is 10.7. The van der Waals surface area contributed by atoms with Gasteiger partial charge in [0, 0.05) is 0 Å². The number of rotatable bonds is 6. The first kappa shape index (κ1) is 16.0. The first-order chi connectivity index (χ1) is 8.79. The Morgan fingerprint density at radius 2 is 2.05 bits per heavy atom. The Hall–Kier alpha value is -1.08. The summed E-state index contributed by atoms with van der Waals surface area (Å²) in [5.41, 5.74) is -0.591. The SMILES string of the molecule is CSCCCS(=O)(=O)c1cc(C)c(F)c(C(=O)O)c1. The molecule has 1 rings (SSSR count). The predicted octanol–water partition coefficient (Wildman–Crippen LogP) is 2.36. The molecule has 0 saturated heterocycles. The second-order valence-electron chi connectivity index (χ2n) is 4.07. The fraction of sp³-hybridized carbons (Fsp3) is 0.417. The standard InChI is InChI=1S/C12H15FO4S2/c1-8-6-9(7-10(11(8)13)12(14)15)19(16,17)5-3-4-18-2/h6-7H,3-5H2,1-2H3,(H,14,15). The van der Waals surface area contributed by atoms with E-state index < -0.39 is 27.2 Å². The van der Waals surface area contributed by atoms with Crippen LogP contribution in [0, 0.1) is 12.7 Å². The molecule has 0 bridgehead atoms. The van der Waals surface area contributed by atoms with E-state index in [9.17, 15) is 17.6 Å². The van der Waals surface area contributed by atoms with Gasteiger partial charge in [-0.3, -0.25) is 0 Å². The van der Waals surface area contributed by atoms with E-state index in [1.54, 1.807) is 0 Å². The molecule has 0 aromatic heterocycles. The maximum atomic E-state index is 13.5. The summed E-state index contributed by atoms with van der Waals surface area (Å²) in [6, 6.07) is 2.06. The van der Waals surface area contributed by atoms with Crippen LogP contribution in [0.4, 0.5) is 4.39 Å². The molecule has 0 atom stereocenters. The Kier molecular flexibility index (Phi) is 5.37. The van der Waals surface area contributed by atoms with E-state index in [4.69, 9.17) is 5.11 Å². The molecule has 0 spiro atoms. The van der Waals surface area contributed by atoms with Gasteiger partial charge < -0.3 is 5.11 Å². The summed E-state index contributed by atoms with van der Waals surface area (Å²) in [7, 11) is -3.57. The molecule has 1 N–H and O–H groups in total. The van der Waals surface area contributed by atoms with Gasteiger partial charge in [-0.2, -0.15) is 11.8 Å². The number of sulfone groups is 1. The molecule has 4 nitrogen and oxygen atoms in total. The van der Waals surface area contributed by atoms with Crippen molar-refractivity contribution in [3.8, 4) is 0 Å². The van der Waals surface area contributed by atoms with Gasteiger partial charge in [-0.15, -0.1) is 0 Å². The number of aromatic carboxylic acids is 1. The molecule has 0 heterocycles. The Labute approximate surface area is 115 Å². The second kappa shape index (κ2) is 6.38. The van der Waals surface area contributed by atoms with Crippen LogP contribution in [0.15, 0.2) is 17.0 Å². The lowest BCUT2D eigenvalue weighted by molar-refractivity contribution is 0.0691. The first-order valence-electron chi connectivity index (χ1n) is 5.54. The average molecular weight is 306 g/mol. The summed E-state index contributed by atoms with van der Waals surface area (Å²) in [5, 5.41) is 8.86. The highest BCUT2D eigenvalue weighted by molar-refractivity contribution is 7.98. The van der Waals surface area contributed by atoms with E-state index in [1.165, 1.54) is 24.8 Å². The van der Waals surface area contributed by atoms with Gasteiger partial charge in [-0.25, -0.2) is 17.6 Å². The lowest BCUT2D eigenvalue weighted by atomic mass is 10.1. The number of hydrogen-bond acceptors (Lipinski definition) is 4. The van der Waals surface area contributed by atoms with Gasteiger partial charge in [-0.1, -0.05) is 0 Å². The van der Waals surface area contributed by atoms with Gasteiger partial charge in [0.2, 0.25) is 0 Å². The van der Waals surface area contributed by atoms with Crippen molar-refractivity contribution in [3.63, 3.8) is 0 Å². The number of aryl methyl sites for hydroxylation is 1. The molecule has 106 valence electrons. The highest BCUT2D eigenvalue weighted by Crippen LogP contribution is 2.21. The van der Waals surface area contributed by atoms with Crippen LogP contribution in [-0.2, 0) is 9.84 Å². The van der Waals surface area contributed by atoms with E-state index >= 15 is 0 Å². The third-order valence-corrected chi connectivity index (χ3v) is 5.06. The molecule has 0 amide bonds. The molecule has 7 heteroatoms. The topological polar surface area (TPSA) is 71.4 Å². The van der Waals surface area contributed by atoms with Crippen molar-refractivity contribution in [3.05, 3.63) is 29.1 Å². The molecule has 1 aromatic carbocycles. The number of halogens is 1. The normalized spacial score (nSPS) is 11.5. The number of carbonyl (C=O) groups is 1. The highest BCUT2D eigenvalue weighted by atomic mass is 32.2. The van der Waals surface area contributed by atoms with Crippen LogP contribution < -0.4 is 0 Å². The first-order valence-corrected chi connectivity index (χ1v) is 8.59. The van der Waals surface area contributed by atoms with Gasteiger partial charge in [0.25, 0.3) is 0 Å². The van der Waals surface area contributed by atoms with Crippen molar-refractivity contribution in [2.45, 2.75) is 18.2 Å². The van der Waals surface area contributed by atoms with E-state index in [0.717, 1.165) is 6.07 Å². The highest BCUT2D eigenvalue weighted by Gasteiger charge is 2.20.